The molecule has 0 saturated carbocycles. The molecule has 2 aromatic rings. The number of hydrogen-bond acceptors (Lipinski definition) is 4. The number of benzene rings is 2. The summed E-state index contributed by atoms with van der Waals surface area (Å²) in [7, 11) is 0. The van der Waals surface area contributed by atoms with Crippen LogP contribution in [-0.2, 0) is 0 Å². The first-order chi connectivity index (χ1) is 9.58. The van der Waals surface area contributed by atoms with Crippen molar-refractivity contribution in [3.8, 4) is 11.5 Å². The molecule has 0 spiro atoms. The van der Waals surface area contributed by atoms with Crippen LogP contribution in [0.25, 0.3) is 10.4 Å². The zero-order chi connectivity index (χ0) is 14.5. The van der Waals surface area contributed by atoms with Gasteiger partial charge in [-0.15, -0.1) is 0 Å². The van der Waals surface area contributed by atoms with E-state index in [2.05, 4.69) is 10.0 Å². The molecular weight excluding hydrogens is 260 g/mol. The molecule has 0 aliphatic heterocycles. The normalized spacial score (nSPS) is 9.65. The fraction of sp³-hybridized carbons (Fsp3) is 0.0769. The van der Waals surface area contributed by atoms with Crippen LogP contribution in [0.1, 0.15) is 5.56 Å². The van der Waals surface area contributed by atoms with E-state index in [1.807, 2.05) is 19.1 Å². The number of azide groups is 1. The van der Waals surface area contributed by atoms with Gasteiger partial charge in [0.25, 0.3) is 5.69 Å². The summed E-state index contributed by atoms with van der Waals surface area (Å²) in [6.07, 6.45) is 0. The van der Waals surface area contributed by atoms with E-state index < -0.39 is 4.92 Å². The minimum absolute atomic E-state index is 0.129. The zero-order valence-corrected chi connectivity index (χ0v) is 10.6. The van der Waals surface area contributed by atoms with Gasteiger partial charge in [-0.2, -0.15) is 0 Å². The minimum atomic E-state index is -0.571. The molecule has 0 fully saturated rings. The lowest BCUT2D eigenvalue weighted by molar-refractivity contribution is -0.384. The van der Waals surface area contributed by atoms with Crippen molar-refractivity contribution in [3.05, 3.63) is 68.6 Å². The molecule has 20 heavy (non-hydrogen) atoms. The van der Waals surface area contributed by atoms with Crippen LogP contribution in [0.4, 0.5) is 11.4 Å². The molecule has 2 aromatic carbocycles. The zero-order valence-electron chi connectivity index (χ0n) is 10.6. The molecule has 0 atom stereocenters. The van der Waals surface area contributed by atoms with Gasteiger partial charge in [-0.25, -0.2) is 0 Å². The molecule has 2 rings (SSSR count). The summed E-state index contributed by atoms with van der Waals surface area (Å²) < 4.78 is 5.52. The van der Waals surface area contributed by atoms with Crippen LogP contribution in [-0.4, -0.2) is 4.92 Å². The lowest BCUT2D eigenvalue weighted by Crippen LogP contribution is -1.90. The molecule has 0 unspecified atom stereocenters. The van der Waals surface area contributed by atoms with Gasteiger partial charge in [0.15, 0.2) is 0 Å². The van der Waals surface area contributed by atoms with E-state index in [-0.39, 0.29) is 17.1 Å². The second kappa shape index (κ2) is 5.73. The molecule has 0 amide bonds. The van der Waals surface area contributed by atoms with Crippen molar-refractivity contribution >= 4 is 11.4 Å². The van der Waals surface area contributed by atoms with Gasteiger partial charge in [0, 0.05) is 16.7 Å². The third-order valence-electron chi connectivity index (χ3n) is 2.50. The molecule has 0 heterocycles. The molecular formula is C13H10N4O3. The molecule has 100 valence electrons. The van der Waals surface area contributed by atoms with E-state index in [9.17, 15) is 10.1 Å². The largest absolute Gasteiger partial charge is 0.457 e. The van der Waals surface area contributed by atoms with Crippen molar-refractivity contribution in [1.82, 2.24) is 0 Å². The van der Waals surface area contributed by atoms with Crippen molar-refractivity contribution in [2.24, 2.45) is 5.11 Å². The van der Waals surface area contributed by atoms with E-state index in [0.717, 1.165) is 5.56 Å². The Bertz CT molecular complexity index is 671. The summed E-state index contributed by atoms with van der Waals surface area (Å²) in [6, 6.07) is 11.1. The van der Waals surface area contributed by atoms with Crippen molar-refractivity contribution < 1.29 is 9.66 Å². The molecule has 0 saturated heterocycles. The van der Waals surface area contributed by atoms with E-state index in [4.69, 9.17) is 10.3 Å². The van der Waals surface area contributed by atoms with Crippen LogP contribution in [0, 0.1) is 17.0 Å². The van der Waals surface area contributed by atoms with Gasteiger partial charge in [-0.1, -0.05) is 22.8 Å². The Morgan fingerprint density at radius 2 is 1.90 bits per heavy atom. The number of rotatable bonds is 4. The first kappa shape index (κ1) is 13.4. The molecule has 0 aliphatic rings. The number of aryl methyl sites for hydroxylation is 1. The second-order valence-corrected chi connectivity index (χ2v) is 4.05. The van der Waals surface area contributed by atoms with Crippen LogP contribution in [0.15, 0.2) is 47.6 Å². The van der Waals surface area contributed by atoms with Crippen molar-refractivity contribution in [2.45, 2.75) is 6.92 Å². The maximum atomic E-state index is 10.8. The Hall–Kier alpha value is -3.05. The van der Waals surface area contributed by atoms with Crippen LogP contribution in [0.2, 0.25) is 0 Å². The van der Waals surface area contributed by atoms with Crippen molar-refractivity contribution in [3.63, 3.8) is 0 Å². The third kappa shape index (κ3) is 3.24. The van der Waals surface area contributed by atoms with Crippen LogP contribution in [0.3, 0.4) is 0 Å². The standard InChI is InChI=1S/C13H10N4O3/c1-9-2-4-12(5-3-9)20-13-7-10(15-16-14)6-11(8-13)17(18)19/h2-8H,1H3. The number of nitro benzene ring substituents is 1. The molecule has 0 N–H and O–H groups in total. The lowest BCUT2D eigenvalue weighted by Gasteiger charge is -2.06. The summed E-state index contributed by atoms with van der Waals surface area (Å²) in [4.78, 5) is 12.9. The maximum absolute atomic E-state index is 10.8. The monoisotopic (exact) mass is 270 g/mol. The molecule has 0 radical (unpaired) electrons. The summed E-state index contributed by atoms with van der Waals surface area (Å²) in [5.41, 5.74) is 9.41. The summed E-state index contributed by atoms with van der Waals surface area (Å²) in [5, 5.41) is 14.2. The van der Waals surface area contributed by atoms with Gasteiger partial charge in [0.2, 0.25) is 0 Å². The average molecular weight is 270 g/mol. The number of nitrogens with zero attached hydrogens (tertiary/aromatic N) is 4. The third-order valence-corrected chi connectivity index (χ3v) is 2.50. The van der Waals surface area contributed by atoms with Gasteiger partial charge in [0.05, 0.1) is 11.0 Å². The number of non-ortho nitro benzene ring substituents is 1. The van der Waals surface area contributed by atoms with E-state index in [1.54, 1.807) is 12.1 Å². The highest BCUT2D eigenvalue weighted by Crippen LogP contribution is 2.31. The highest BCUT2D eigenvalue weighted by Gasteiger charge is 2.10. The molecule has 0 aliphatic carbocycles. The van der Waals surface area contributed by atoms with Gasteiger partial charge in [0.1, 0.15) is 11.5 Å². The fourth-order valence-electron chi connectivity index (χ4n) is 1.58. The van der Waals surface area contributed by atoms with E-state index in [0.29, 0.717) is 5.75 Å². The van der Waals surface area contributed by atoms with Gasteiger partial charge >= 0.3 is 0 Å². The molecule has 7 nitrogen and oxygen atoms in total. The summed E-state index contributed by atoms with van der Waals surface area (Å²) >= 11 is 0. The topological polar surface area (TPSA) is 101 Å². The Kier molecular flexibility index (Phi) is 3.83. The second-order valence-electron chi connectivity index (χ2n) is 4.05. The van der Waals surface area contributed by atoms with Crippen molar-refractivity contribution in [1.29, 1.82) is 0 Å². The first-order valence-corrected chi connectivity index (χ1v) is 5.67. The summed E-state index contributed by atoms with van der Waals surface area (Å²) in [6.45, 7) is 1.94. The van der Waals surface area contributed by atoms with E-state index in [1.165, 1.54) is 18.2 Å². The predicted molar refractivity (Wildman–Crippen MR) is 73.2 cm³/mol. The fourth-order valence-corrected chi connectivity index (χ4v) is 1.58. The molecule has 0 bridgehead atoms. The van der Waals surface area contributed by atoms with Crippen LogP contribution < -0.4 is 4.74 Å². The van der Waals surface area contributed by atoms with Crippen LogP contribution in [0.5, 0.6) is 11.5 Å². The maximum Gasteiger partial charge on any atom is 0.273 e. The van der Waals surface area contributed by atoms with Crippen LogP contribution >= 0.6 is 0 Å². The summed E-state index contributed by atoms with van der Waals surface area (Å²) in [5.74, 6) is 0.786. The Labute approximate surface area is 114 Å². The number of hydrogen-bond donors (Lipinski definition) is 0. The SMILES string of the molecule is Cc1ccc(Oc2cc(N=[N+]=[N-])cc([N+](=O)[O-])c2)cc1. The first-order valence-electron chi connectivity index (χ1n) is 5.67. The quantitative estimate of drug-likeness (QED) is 0.266. The predicted octanol–water partition coefficient (Wildman–Crippen LogP) is 4.64. The Morgan fingerprint density at radius 3 is 2.50 bits per heavy atom. The van der Waals surface area contributed by atoms with E-state index >= 15 is 0 Å². The van der Waals surface area contributed by atoms with Gasteiger partial charge in [-0.05, 0) is 30.7 Å². The average Bonchev–Trinajstić information content (AvgIpc) is 2.41. The number of ether oxygens (including phenoxy) is 1. The molecule has 7 heteroatoms. The minimum Gasteiger partial charge on any atom is -0.457 e. The highest BCUT2D eigenvalue weighted by molar-refractivity contribution is 5.53. The Morgan fingerprint density at radius 1 is 1.20 bits per heavy atom. The van der Waals surface area contributed by atoms with Gasteiger partial charge in [-0.3, -0.25) is 10.1 Å². The smallest absolute Gasteiger partial charge is 0.273 e. The van der Waals surface area contributed by atoms with Crippen molar-refractivity contribution in [2.75, 3.05) is 0 Å². The highest BCUT2D eigenvalue weighted by atomic mass is 16.6. The molecule has 0 aromatic heterocycles. The van der Waals surface area contributed by atoms with Gasteiger partial charge < -0.3 is 4.74 Å². The number of nitro groups is 1. The Balaban J connectivity index is 2.37. The lowest BCUT2D eigenvalue weighted by atomic mass is 10.2.